The van der Waals surface area contributed by atoms with Gasteiger partial charge in [0, 0.05) is 17.1 Å². The minimum Gasteiger partial charge on any atom is -0.497 e. The van der Waals surface area contributed by atoms with Crippen LogP contribution in [0.4, 0.5) is 0 Å². The molecule has 6 heteroatoms. The highest BCUT2D eigenvalue weighted by Crippen LogP contribution is 2.33. The molecule has 2 rings (SSSR count). The van der Waals surface area contributed by atoms with E-state index in [1.807, 2.05) is 36.4 Å². The predicted molar refractivity (Wildman–Crippen MR) is 106 cm³/mol. The van der Waals surface area contributed by atoms with Crippen molar-refractivity contribution in [3.8, 4) is 17.2 Å². The molecule has 0 saturated heterocycles. The maximum atomic E-state index is 12.0. The van der Waals surface area contributed by atoms with E-state index in [0.29, 0.717) is 24.5 Å². The van der Waals surface area contributed by atoms with E-state index in [2.05, 4.69) is 21.2 Å². The van der Waals surface area contributed by atoms with Crippen LogP contribution in [-0.2, 0) is 11.2 Å². The van der Waals surface area contributed by atoms with Crippen molar-refractivity contribution >= 4 is 27.9 Å². The van der Waals surface area contributed by atoms with E-state index in [1.165, 1.54) is 6.08 Å². The summed E-state index contributed by atoms with van der Waals surface area (Å²) in [5, 5.41) is 2.87. The summed E-state index contributed by atoms with van der Waals surface area (Å²) in [7, 11) is 4.82. The Labute approximate surface area is 162 Å². The van der Waals surface area contributed by atoms with Gasteiger partial charge in [-0.25, -0.2) is 0 Å². The molecule has 0 radical (unpaired) electrons. The van der Waals surface area contributed by atoms with Crippen molar-refractivity contribution in [3.63, 3.8) is 0 Å². The lowest BCUT2D eigenvalue weighted by Crippen LogP contribution is -2.23. The van der Waals surface area contributed by atoms with E-state index in [9.17, 15) is 4.79 Å². The zero-order chi connectivity index (χ0) is 18.9. The molecule has 1 N–H and O–H groups in total. The fourth-order valence-electron chi connectivity index (χ4n) is 2.35. The number of nitrogens with one attached hydrogen (secondary N) is 1. The molecule has 0 aliphatic carbocycles. The third kappa shape index (κ3) is 5.52. The fraction of sp³-hybridized carbons (Fsp3) is 0.250. The quantitative estimate of drug-likeness (QED) is 0.660. The van der Waals surface area contributed by atoms with Gasteiger partial charge in [-0.3, -0.25) is 4.79 Å². The average molecular weight is 420 g/mol. The van der Waals surface area contributed by atoms with Gasteiger partial charge >= 0.3 is 0 Å². The molecule has 0 aliphatic heterocycles. The lowest BCUT2D eigenvalue weighted by molar-refractivity contribution is -0.116. The normalized spacial score (nSPS) is 10.6. The number of hydrogen-bond donors (Lipinski definition) is 1. The number of hydrogen-bond acceptors (Lipinski definition) is 4. The molecule has 2 aromatic carbocycles. The van der Waals surface area contributed by atoms with Crippen LogP contribution in [0.3, 0.4) is 0 Å². The Kier molecular flexibility index (Phi) is 7.53. The van der Waals surface area contributed by atoms with Crippen LogP contribution in [-0.4, -0.2) is 33.8 Å². The van der Waals surface area contributed by atoms with Crippen LogP contribution in [0.2, 0.25) is 0 Å². The maximum Gasteiger partial charge on any atom is 0.244 e. The zero-order valence-electron chi connectivity index (χ0n) is 15.0. The summed E-state index contributed by atoms with van der Waals surface area (Å²) in [6.07, 6.45) is 3.95. The molecule has 0 heterocycles. The Bertz CT molecular complexity index is 772. The van der Waals surface area contributed by atoms with Crippen molar-refractivity contribution in [2.24, 2.45) is 0 Å². The molecular weight excluding hydrogens is 398 g/mol. The van der Waals surface area contributed by atoms with Gasteiger partial charge in [-0.15, -0.1) is 0 Å². The van der Waals surface area contributed by atoms with Crippen molar-refractivity contribution in [1.82, 2.24) is 5.32 Å². The van der Waals surface area contributed by atoms with Crippen molar-refractivity contribution in [2.75, 3.05) is 27.9 Å². The molecule has 2 aromatic rings. The lowest BCUT2D eigenvalue weighted by Gasteiger charge is -2.12. The molecule has 1 amide bonds. The first-order valence-corrected chi connectivity index (χ1v) is 8.87. The Morgan fingerprint density at radius 3 is 2.31 bits per heavy atom. The second kappa shape index (κ2) is 9.87. The van der Waals surface area contributed by atoms with Gasteiger partial charge in [0.25, 0.3) is 0 Å². The summed E-state index contributed by atoms with van der Waals surface area (Å²) in [5.41, 5.74) is 1.96. The highest BCUT2D eigenvalue weighted by molar-refractivity contribution is 9.10. The van der Waals surface area contributed by atoms with Crippen molar-refractivity contribution in [3.05, 3.63) is 58.1 Å². The van der Waals surface area contributed by atoms with E-state index in [0.717, 1.165) is 21.3 Å². The van der Waals surface area contributed by atoms with Gasteiger partial charge < -0.3 is 19.5 Å². The summed E-state index contributed by atoms with van der Waals surface area (Å²) < 4.78 is 16.6. The van der Waals surface area contributed by atoms with Crippen LogP contribution in [0.15, 0.2) is 46.9 Å². The van der Waals surface area contributed by atoms with Crippen LogP contribution < -0.4 is 19.5 Å². The summed E-state index contributed by atoms with van der Waals surface area (Å²) in [4.78, 5) is 12.0. The lowest BCUT2D eigenvalue weighted by atomic mass is 10.1. The standard InChI is InChI=1S/C20H22BrNO4/c1-24-16-7-4-14(5-8-16)6-9-20(23)22-11-10-15-12-18(25-2)19(26-3)13-17(15)21/h4-9,12-13H,10-11H2,1-3H3,(H,22,23)/b9-6+. The topological polar surface area (TPSA) is 56.8 Å². The van der Waals surface area contributed by atoms with Crippen molar-refractivity contribution in [1.29, 1.82) is 0 Å². The third-order valence-electron chi connectivity index (χ3n) is 3.79. The Balaban J connectivity index is 1.88. The van der Waals surface area contributed by atoms with Gasteiger partial charge in [0.2, 0.25) is 5.91 Å². The summed E-state index contributed by atoms with van der Waals surface area (Å²) in [6.45, 7) is 0.514. The number of halogens is 1. The number of carbonyl (C=O) groups excluding carboxylic acids is 1. The largest absolute Gasteiger partial charge is 0.497 e. The monoisotopic (exact) mass is 419 g/mol. The predicted octanol–water partition coefficient (Wildman–Crippen LogP) is 3.85. The molecular formula is C20H22BrNO4. The molecule has 0 bridgehead atoms. The molecule has 0 atom stereocenters. The molecule has 138 valence electrons. The van der Waals surface area contributed by atoms with Crippen molar-refractivity contribution < 1.29 is 19.0 Å². The van der Waals surface area contributed by atoms with Crippen LogP contribution in [0.25, 0.3) is 6.08 Å². The molecule has 0 aromatic heterocycles. The fourth-order valence-corrected chi connectivity index (χ4v) is 2.87. The van der Waals surface area contributed by atoms with Gasteiger partial charge in [0.1, 0.15) is 5.75 Å². The maximum absolute atomic E-state index is 12.0. The minimum absolute atomic E-state index is 0.141. The first-order chi connectivity index (χ1) is 12.6. The first-order valence-electron chi connectivity index (χ1n) is 8.07. The number of ether oxygens (including phenoxy) is 3. The SMILES string of the molecule is COc1ccc(/C=C/C(=O)NCCc2cc(OC)c(OC)cc2Br)cc1. The van der Waals surface area contributed by atoms with E-state index in [1.54, 1.807) is 27.4 Å². The number of benzene rings is 2. The van der Waals surface area contributed by atoms with Gasteiger partial charge in [-0.2, -0.15) is 0 Å². The molecule has 5 nitrogen and oxygen atoms in total. The molecule has 26 heavy (non-hydrogen) atoms. The average Bonchev–Trinajstić information content (AvgIpc) is 2.67. The van der Waals surface area contributed by atoms with Gasteiger partial charge in [0.05, 0.1) is 21.3 Å². The summed E-state index contributed by atoms with van der Waals surface area (Å²) in [6, 6.07) is 11.3. The van der Waals surface area contributed by atoms with Gasteiger partial charge in [-0.05, 0) is 47.9 Å². The first kappa shape index (κ1) is 19.8. The van der Waals surface area contributed by atoms with Crippen molar-refractivity contribution in [2.45, 2.75) is 6.42 Å². The van der Waals surface area contributed by atoms with E-state index in [-0.39, 0.29) is 5.91 Å². The van der Waals surface area contributed by atoms with E-state index < -0.39 is 0 Å². The Morgan fingerprint density at radius 1 is 1.04 bits per heavy atom. The number of carbonyl (C=O) groups is 1. The summed E-state index contributed by atoms with van der Waals surface area (Å²) in [5.74, 6) is 1.97. The van der Waals surface area contributed by atoms with E-state index >= 15 is 0 Å². The smallest absolute Gasteiger partial charge is 0.244 e. The number of amides is 1. The highest BCUT2D eigenvalue weighted by Gasteiger charge is 2.09. The Morgan fingerprint density at radius 2 is 1.69 bits per heavy atom. The number of rotatable bonds is 8. The Hall–Kier alpha value is -2.47. The van der Waals surface area contributed by atoms with Crippen LogP contribution in [0, 0.1) is 0 Å². The molecule has 0 unspecified atom stereocenters. The molecule has 0 fully saturated rings. The molecule has 0 saturated carbocycles. The second-order valence-corrected chi connectivity index (χ2v) is 6.30. The van der Waals surface area contributed by atoms with E-state index in [4.69, 9.17) is 14.2 Å². The van der Waals surface area contributed by atoms with Crippen LogP contribution in [0.1, 0.15) is 11.1 Å². The van der Waals surface area contributed by atoms with Crippen LogP contribution >= 0.6 is 15.9 Å². The number of methoxy groups -OCH3 is 3. The second-order valence-electron chi connectivity index (χ2n) is 5.45. The summed E-state index contributed by atoms with van der Waals surface area (Å²) >= 11 is 3.52. The molecule has 0 spiro atoms. The van der Waals surface area contributed by atoms with Gasteiger partial charge in [-0.1, -0.05) is 28.1 Å². The highest BCUT2D eigenvalue weighted by atomic mass is 79.9. The zero-order valence-corrected chi connectivity index (χ0v) is 16.6. The van der Waals surface area contributed by atoms with Crippen LogP contribution in [0.5, 0.6) is 17.2 Å². The third-order valence-corrected chi connectivity index (χ3v) is 4.53. The minimum atomic E-state index is -0.141. The van der Waals surface area contributed by atoms with Gasteiger partial charge in [0.15, 0.2) is 11.5 Å². The molecule has 0 aliphatic rings.